The molecular weight excluding hydrogens is 337 g/mol. The molecule has 0 radical (unpaired) electrons. The average Bonchev–Trinajstić information content (AvgIpc) is 2.89. The van der Waals surface area contributed by atoms with E-state index in [2.05, 4.69) is 0 Å². The molecule has 2 amide bonds. The molecule has 1 aromatic carbocycles. The van der Waals surface area contributed by atoms with Gasteiger partial charge in [-0.2, -0.15) is 13.2 Å². The summed E-state index contributed by atoms with van der Waals surface area (Å²) < 4.78 is 42.3. The zero-order valence-electron chi connectivity index (χ0n) is 13.6. The molecule has 5 nitrogen and oxygen atoms in total. The molecule has 1 aromatic rings. The van der Waals surface area contributed by atoms with Crippen LogP contribution in [0, 0.1) is 0 Å². The Bertz CT molecular complexity index is 650. The number of rotatable bonds is 4. The third-order valence-corrected chi connectivity index (χ3v) is 4.69. The Hall–Kier alpha value is -2.25. The summed E-state index contributed by atoms with van der Waals surface area (Å²) in [4.78, 5) is 27.2. The molecule has 3 rings (SSSR count). The van der Waals surface area contributed by atoms with Crippen LogP contribution in [0.4, 0.5) is 18.0 Å². The number of hydrogen-bond donors (Lipinski definition) is 0. The lowest BCUT2D eigenvalue weighted by Crippen LogP contribution is -2.63. The summed E-state index contributed by atoms with van der Waals surface area (Å²) in [6, 6.07) is 9.47. The number of fused-ring (bicyclic) bond motifs is 1. The summed E-state index contributed by atoms with van der Waals surface area (Å²) in [6.07, 6.45) is -6.00. The van der Waals surface area contributed by atoms with Crippen molar-refractivity contribution in [2.75, 3.05) is 26.2 Å². The van der Waals surface area contributed by atoms with Crippen LogP contribution >= 0.6 is 0 Å². The average molecular weight is 356 g/mol. The van der Waals surface area contributed by atoms with Crippen LogP contribution in [0.2, 0.25) is 0 Å². The quantitative estimate of drug-likeness (QED) is 0.833. The number of halogens is 3. The Morgan fingerprint density at radius 2 is 1.92 bits per heavy atom. The number of hydrogen-bond acceptors (Lipinski definition) is 3. The molecule has 0 aliphatic carbocycles. The highest BCUT2D eigenvalue weighted by atomic mass is 19.4. The molecular formula is C17H19F3N2O3. The largest absolute Gasteiger partial charge is 0.447 e. The van der Waals surface area contributed by atoms with Gasteiger partial charge in [-0.05, 0) is 5.56 Å². The standard InChI is InChI=1S/C17H19F3N2O3/c18-17(19,20)7-6-14(23)21-8-9-22-15(24)25-12-16(22,11-21)10-13-4-2-1-3-5-13/h1-5H,6-12H2. The van der Waals surface area contributed by atoms with Crippen LogP contribution in [0.1, 0.15) is 18.4 Å². The molecule has 0 aromatic heterocycles. The number of nitrogens with zero attached hydrogens (tertiary/aromatic N) is 2. The van der Waals surface area contributed by atoms with E-state index in [1.165, 1.54) is 4.90 Å². The van der Waals surface area contributed by atoms with Crippen molar-refractivity contribution >= 4 is 12.0 Å². The van der Waals surface area contributed by atoms with Crippen molar-refractivity contribution in [2.45, 2.75) is 31.0 Å². The Labute approximate surface area is 143 Å². The van der Waals surface area contributed by atoms with Crippen molar-refractivity contribution in [3.8, 4) is 0 Å². The zero-order valence-corrected chi connectivity index (χ0v) is 13.6. The van der Waals surface area contributed by atoms with E-state index in [0.717, 1.165) is 5.56 Å². The maximum absolute atomic E-state index is 12.4. The zero-order chi connectivity index (χ0) is 18.1. The van der Waals surface area contributed by atoms with Crippen LogP contribution in [0.15, 0.2) is 30.3 Å². The second-order valence-electron chi connectivity index (χ2n) is 6.52. The topological polar surface area (TPSA) is 49.9 Å². The predicted octanol–water partition coefficient (Wildman–Crippen LogP) is 2.60. The van der Waals surface area contributed by atoms with Gasteiger partial charge < -0.3 is 9.64 Å². The van der Waals surface area contributed by atoms with Gasteiger partial charge in [0.15, 0.2) is 0 Å². The van der Waals surface area contributed by atoms with Gasteiger partial charge in [0.2, 0.25) is 5.91 Å². The van der Waals surface area contributed by atoms with E-state index >= 15 is 0 Å². The summed E-state index contributed by atoms with van der Waals surface area (Å²) in [5.74, 6) is -0.538. The fourth-order valence-electron chi connectivity index (χ4n) is 3.46. The van der Waals surface area contributed by atoms with Crippen molar-refractivity contribution in [1.29, 1.82) is 0 Å². The number of piperazine rings is 1. The van der Waals surface area contributed by atoms with E-state index in [1.54, 1.807) is 4.90 Å². The Morgan fingerprint density at radius 3 is 2.60 bits per heavy atom. The molecule has 0 saturated carbocycles. The monoisotopic (exact) mass is 356 g/mol. The number of ether oxygens (including phenoxy) is 1. The predicted molar refractivity (Wildman–Crippen MR) is 82.8 cm³/mol. The van der Waals surface area contributed by atoms with Crippen molar-refractivity contribution in [2.24, 2.45) is 0 Å². The molecule has 0 N–H and O–H groups in total. The van der Waals surface area contributed by atoms with Crippen LogP contribution in [0.5, 0.6) is 0 Å². The van der Waals surface area contributed by atoms with E-state index in [9.17, 15) is 22.8 Å². The molecule has 25 heavy (non-hydrogen) atoms. The van der Waals surface area contributed by atoms with Gasteiger partial charge in [-0.3, -0.25) is 9.69 Å². The summed E-state index contributed by atoms with van der Waals surface area (Å²) in [6.45, 7) is 0.805. The van der Waals surface area contributed by atoms with E-state index in [4.69, 9.17) is 4.74 Å². The second kappa shape index (κ2) is 6.57. The van der Waals surface area contributed by atoms with E-state index in [-0.39, 0.29) is 26.2 Å². The fraction of sp³-hybridized carbons (Fsp3) is 0.529. The molecule has 8 heteroatoms. The minimum absolute atomic E-state index is 0.129. The maximum Gasteiger partial charge on any atom is 0.410 e. The fourth-order valence-corrected chi connectivity index (χ4v) is 3.46. The summed E-state index contributed by atoms with van der Waals surface area (Å²) in [5.41, 5.74) is 0.264. The summed E-state index contributed by atoms with van der Waals surface area (Å²) >= 11 is 0. The number of carbonyl (C=O) groups excluding carboxylic acids is 2. The van der Waals surface area contributed by atoms with Crippen molar-refractivity contribution in [3.05, 3.63) is 35.9 Å². The molecule has 136 valence electrons. The molecule has 2 aliphatic heterocycles. The van der Waals surface area contributed by atoms with Crippen LogP contribution in [0.3, 0.4) is 0 Å². The Kier molecular flexibility index (Phi) is 4.62. The van der Waals surface area contributed by atoms with Gasteiger partial charge in [0.25, 0.3) is 0 Å². The number of carbonyl (C=O) groups is 2. The highest BCUT2D eigenvalue weighted by Crippen LogP contribution is 2.33. The lowest BCUT2D eigenvalue weighted by atomic mass is 9.88. The normalized spacial score (nSPS) is 23.4. The minimum atomic E-state index is -4.36. The summed E-state index contributed by atoms with van der Waals surface area (Å²) in [7, 11) is 0. The molecule has 2 saturated heterocycles. The van der Waals surface area contributed by atoms with Gasteiger partial charge in [0.05, 0.1) is 6.42 Å². The van der Waals surface area contributed by atoms with Gasteiger partial charge in [-0.25, -0.2) is 4.79 Å². The van der Waals surface area contributed by atoms with Crippen LogP contribution < -0.4 is 0 Å². The first-order valence-corrected chi connectivity index (χ1v) is 8.12. The van der Waals surface area contributed by atoms with Crippen molar-refractivity contribution < 1.29 is 27.5 Å². The highest BCUT2D eigenvalue weighted by molar-refractivity contribution is 5.78. The third kappa shape index (κ3) is 3.88. The van der Waals surface area contributed by atoms with Gasteiger partial charge in [0.1, 0.15) is 12.1 Å². The number of benzene rings is 1. The number of amides is 2. The first kappa shape index (κ1) is 17.6. The van der Waals surface area contributed by atoms with Crippen LogP contribution in [-0.2, 0) is 16.0 Å². The smallest absolute Gasteiger partial charge is 0.410 e. The van der Waals surface area contributed by atoms with E-state index in [1.807, 2.05) is 30.3 Å². The number of alkyl halides is 3. The second-order valence-corrected chi connectivity index (χ2v) is 6.52. The molecule has 2 heterocycles. The highest BCUT2D eigenvalue weighted by Gasteiger charge is 2.51. The van der Waals surface area contributed by atoms with Gasteiger partial charge in [-0.15, -0.1) is 0 Å². The van der Waals surface area contributed by atoms with Gasteiger partial charge in [-0.1, -0.05) is 30.3 Å². The van der Waals surface area contributed by atoms with Gasteiger partial charge >= 0.3 is 12.3 Å². The SMILES string of the molecule is O=C(CCC(F)(F)F)N1CCN2C(=O)OCC2(Cc2ccccc2)C1. The van der Waals surface area contributed by atoms with Crippen LogP contribution in [0.25, 0.3) is 0 Å². The van der Waals surface area contributed by atoms with E-state index in [0.29, 0.717) is 6.42 Å². The lowest BCUT2D eigenvalue weighted by molar-refractivity contribution is -0.151. The molecule has 0 spiro atoms. The first-order valence-electron chi connectivity index (χ1n) is 8.12. The van der Waals surface area contributed by atoms with Crippen molar-refractivity contribution in [3.63, 3.8) is 0 Å². The lowest BCUT2D eigenvalue weighted by Gasteiger charge is -2.44. The third-order valence-electron chi connectivity index (χ3n) is 4.69. The molecule has 0 bridgehead atoms. The van der Waals surface area contributed by atoms with Gasteiger partial charge in [0, 0.05) is 32.5 Å². The Balaban J connectivity index is 1.74. The molecule has 1 unspecified atom stereocenters. The maximum atomic E-state index is 12.4. The van der Waals surface area contributed by atoms with Crippen molar-refractivity contribution in [1.82, 2.24) is 9.80 Å². The molecule has 1 atom stereocenters. The minimum Gasteiger partial charge on any atom is -0.447 e. The number of cyclic esters (lactones) is 1. The van der Waals surface area contributed by atoms with E-state index < -0.39 is 36.6 Å². The first-order chi connectivity index (χ1) is 11.8. The van der Waals surface area contributed by atoms with Crippen LogP contribution in [-0.4, -0.2) is 59.8 Å². The molecule has 2 aliphatic rings. The summed E-state index contributed by atoms with van der Waals surface area (Å²) in [5, 5.41) is 0. The Morgan fingerprint density at radius 1 is 1.20 bits per heavy atom. The molecule has 2 fully saturated rings.